The number of carbonyl (C=O) groups excluding carboxylic acids is 2. The highest BCUT2D eigenvalue weighted by molar-refractivity contribution is 8.00. The molecule has 2 heterocycles. The van der Waals surface area contributed by atoms with Gasteiger partial charge in [0.05, 0.1) is 5.52 Å². The quantitative estimate of drug-likeness (QED) is 0.169. The van der Waals surface area contributed by atoms with Crippen LogP contribution >= 0.6 is 11.9 Å². The molecule has 37 heavy (non-hydrogen) atoms. The van der Waals surface area contributed by atoms with Crippen molar-refractivity contribution in [3.63, 3.8) is 0 Å². The molecule has 7 N–H and O–H groups in total. The molecule has 196 valence electrons. The average Bonchev–Trinajstić information content (AvgIpc) is 3.20. The highest BCUT2D eigenvalue weighted by Crippen LogP contribution is 2.25. The van der Waals surface area contributed by atoms with E-state index < -0.39 is 42.4 Å². The summed E-state index contributed by atoms with van der Waals surface area (Å²) in [5, 5.41) is 22.4. The minimum absolute atomic E-state index is 0.0219. The van der Waals surface area contributed by atoms with E-state index in [0.29, 0.717) is 11.6 Å². The van der Waals surface area contributed by atoms with E-state index in [2.05, 4.69) is 25.3 Å². The fourth-order valence-corrected chi connectivity index (χ4v) is 4.08. The molecular weight excluding hydrogens is 502 g/mol. The number of carboxylic acids is 2. The first-order valence-corrected chi connectivity index (χ1v) is 12.2. The molecule has 2 aromatic heterocycles. The molecule has 0 aliphatic rings. The van der Waals surface area contributed by atoms with Crippen molar-refractivity contribution in [2.24, 2.45) is 12.8 Å². The average molecular weight is 530 g/mol. The van der Waals surface area contributed by atoms with Crippen LogP contribution in [0.5, 0.6) is 0 Å². The number of nitrogens with two attached hydrogens (primary N) is 1. The van der Waals surface area contributed by atoms with Gasteiger partial charge in [0, 0.05) is 31.0 Å². The fraction of sp³-hybridized carbons (Fsp3) is 0.304. The second kappa shape index (κ2) is 12.7. The van der Waals surface area contributed by atoms with Crippen molar-refractivity contribution in [1.29, 1.82) is 0 Å². The number of hydrogen-bond donors (Lipinski definition) is 6. The van der Waals surface area contributed by atoms with E-state index in [4.69, 9.17) is 15.9 Å². The van der Waals surface area contributed by atoms with E-state index >= 15 is 0 Å². The van der Waals surface area contributed by atoms with Crippen LogP contribution in [-0.4, -0.2) is 72.9 Å². The number of amides is 2. The number of anilines is 1. The van der Waals surface area contributed by atoms with Gasteiger partial charge in [0.1, 0.15) is 18.6 Å². The number of fused-ring (bicyclic) bond motifs is 1. The first-order chi connectivity index (χ1) is 17.7. The standard InChI is InChI=1S/C23H27N7O6S/c1-30-17-9-14(13-5-3-2-4-6-13)10-25-20(17)28-23(30)29-37-12-16(21(34)26-11-19(32)33)27-18(31)8-7-15(24)22(35)36/h2-6,9-10,15-16H,7-8,11-12,24H2,1H3,(H,26,34)(H,27,31)(H,32,33)(H,35,36)(H,25,28,29)/t15-,16-/m0/s1. The summed E-state index contributed by atoms with van der Waals surface area (Å²) in [6.07, 6.45) is 1.40. The monoisotopic (exact) mass is 529 g/mol. The van der Waals surface area contributed by atoms with Gasteiger partial charge in [-0.15, -0.1) is 0 Å². The fourth-order valence-electron chi connectivity index (χ4n) is 3.28. The predicted octanol–water partition coefficient (Wildman–Crippen LogP) is 0.573. The van der Waals surface area contributed by atoms with Crippen molar-refractivity contribution < 1.29 is 29.4 Å². The topological polar surface area (TPSA) is 202 Å². The van der Waals surface area contributed by atoms with Gasteiger partial charge in [-0.25, -0.2) is 4.98 Å². The van der Waals surface area contributed by atoms with Crippen LogP contribution < -0.4 is 21.1 Å². The van der Waals surface area contributed by atoms with Gasteiger partial charge in [0.15, 0.2) is 5.65 Å². The molecule has 13 nitrogen and oxygen atoms in total. The molecular formula is C23H27N7O6S. The van der Waals surface area contributed by atoms with Crippen molar-refractivity contribution in [3.8, 4) is 11.1 Å². The normalized spacial score (nSPS) is 12.5. The van der Waals surface area contributed by atoms with E-state index in [0.717, 1.165) is 28.6 Å². The number of carboxylic acid groups (broad SMARTS) is 2. The van der Waals surface area contributed by atoms with Crippen LogP contribution in [0.25, 0.3) is 22.3 Å². The number of nitrogens with zero attached hydrogens (tertiary/aromatic N) is 3. The lowest BCUT2D eigenvalue weighted by atomic mass is 10.1. The Kier molecular flexibility index (Phi) is 9.40. The number of carbonyl (C=O) groups is 4. The first-order valence-electron chi connectivity index (χ1n) is 11.2. The molecule has 0 fully saturated rings. The number of pyridine rings is 1. The van der Waals surface area contributed by atoms with Gasteiger partial charge in [-0.05, 0) is 30.0 Å². The Morgan fingerprint density at radius 3 is 2.54 bits per heavy atom. The van der Waals surface area contributed by atoms with Gasteiger partial charge in [-0.3, -0.25) is 23.9 Å². The number of aromatic nitrogens is 3. The SMILES string of the molecule is Cn1c(NSC[C@H](NC(=O)CC[C@H](N)C(=O)O)C(=O)NCC(=O)O)nc2ncc(-c3ccccc3)cc21. The molecule has 0 saturated carbocycles. The zero-order valence-corrected chi connectivity index (χ0v) is 20.7. The Labute approximate surface area is 216 Å². The summed E-state index contributed by atoms with van der Waals surface area (Å²) in [6, 6.07) is 9.42. The maximum absolute atomic E-state index is 12.5. The summed E-state index contributed by atoms with van der Waals surface area (Å²) in [7, 11) is 1.80. The lowest BCUT2D eigenvalue weighted by Gasteiger charge is -2.18. The molecule has 0 aliphatic heterocycles. The van der Waals surface area contributed by atoms with Gasteiger partial charge < -0.3 is 31.1 Å². The van der Waals surface area contributed by atoms with E-state index in [1.807, 2.05) is 36.4 Å². The Morgan fingerprint density at radius 2 is 1.86 bits per heavy atom. The van der Waals surface area contributed by atoms with Gasteiger partial charge in [0.2, 0.25) is 17.8 Å². The third-order valence-corrected chi connectivity index (χ3v) is 6.15. The number of aryl methyl sites for hydroxylation is 1. The number of aliphatic carboxylic acids is 2. The van der Waals surface area contributed by atoms with E-state index in [1.165, 1.54) is 0 Å². The maximum Gasteiger partial charge on any atom is 0.322 e. The second-order valence-corrected chi connectivity index (χ2v) is 8.88. The van der Waals surface area contributed by atoms with E-state index in [1.54, 1.807) is 17.8 Å². The Balaban J connectivity index is 1.66. The molecule has 14 heteroatoms. The van der Waals surface area contributed by atoms with Crippen molar-refractivity contribution in [3.05, 3.63) is 42.6 Å². The van der Waals surface area contributed by atoms with Crippen molar-refractivity contribution in [1.82, 2.24) is 25.2 Å². The van der Waals surface area contributed by atoms with Crippen LogP contribution in [-0.2, 0) is 26.2 Å². The Bertz CT molecular complexity index is 1280. The summed E-state index contributed by atoms with van der Waals surface area (Å²) < 4.78 is 4.83. The van der Waals surface area contributed by atoms with Crippen molar-refractivity contribution in [2.75, 3.05) is 17.0 Å². The Hall–Kier alpha value is -4.17. The van der Waals surface area contributed by atoms with Crippen LogP contribution in [0.3, 0.4) is 0 Å². The molecule has 3 aromatic rings. The zero-order valence-electron chi connectivity index (χ0n) is 19.9. The largest absolute Gasteiger partial charge is 0.480 e. The van der Waals surface area contributed by atoms with Crippen LogP contribution in [0.15, 0.2) is 42.6 Å². The number of hydrogen-bond acceptors (Lipinski definition) is 9. The molecule has 3 rings (SSSR count). The lowest BCUT2D eigenvalue weighted by molar-refractivity contribution is -0.139. The minimum atomic E-state index is -1.24. The highest BCUT2D eigenvalue weighted by Gasteiger charge is 2.23. The first kappa shape index (κ1) is 27.4. The summed E-state index contributed by atoms with van der Waals surface area (Å²) in [6.45, 7) is -0.618. The molecule has 2 atom stereocenters. The number of benzene rings is 1. The summed E-state index contributed by atoms with van der Waals surface area (Å²) in [5.41, 5.74) is 8.65. The Morgan fingerprint density at radius 1 is 1.14 bits per heavy atom. The molecule has 0 radical (unpaired) electrons. The molecule has 2 amide bonds. The third kappa shape index (κ3) is 7.65. The molecule has 0 unspecified atom stereocenters. The maximum atomic E-state index is 12.5. The third-order valence-electron chi connectivity index (χ3n) is 5.32. The van der Waals surface area contributed by atoms with Crippen molar-refractivity contribution in [2.45, 2.75) is 24.9 Å². The smallest absolute Gasteiger partial charge is 0.322 e. The van der Waals surface area contributed by atoms with E-state index in [9.17, 15) is 19.2 Å². The molecule has 0 spiro atoms. The summed E-state index contributed by atoms with van der Waals surface area (Å²) in [4.78, 5) is 55.3. The second-order valence-electron chi connectivity index (χ2n) is 8.06. The van der Waals surface area contributed by atoms with Crippen LogP contribution in [0.1, 0.15) is 12.8 Å². The highest BCUT2D eigenvalue weighted by atomic mass is 32.2. The van der Waals surface area contributed by atoms with E-state index in [-0.39, 0.29) is 18.6 Å². The van der Waals surface area contributed by atoms with Crippen LogP contribution in [0.2, 0.25) is 0 Å². The zero-order chi connectivity index (χ0) is 26.9. The molecule has 1 aromatic carbocycles. The minimum Gasteiger partial charge on any atom is -0.480 e. The van der Waals surface area contributed by atoms with Gasteiger partial charge in [-0.2, -0.15) is 4.98 Å². The lowest BCUT2D eigenvalue weighted by Crippen LogP contribution is -2.49. The summed E-state index contributed by atoms with van der Waals surface area (Å²) >= 11 is 1.08. The van der Waals surface area contributed by atoms with Gasteiger partial charge >= 0.3 is 11.9 Å². The molecule has 0 aliphatic carbocycles. The van der Waals surface area contributed by atoms with Crippen molar-refractivity contribution >= 4 is 52.8 Å². The summed E-state index contributed by atoms with van der Waals surface area (Å²) in [5.74, 6) is -3.29. The number of imidazole rings is 1. The molecule has 0 bridgehead atoms. The van der Waals surface area contributed by atoms with Crippen LogP contribution in [0.4, 0.5) is 5.95 Å². The molecule has 0 saturated heterocycles. The van der Waals surface area contributed by atoms with Gasteiger partial charge in [0.25, 0.3) is 0 Å². The number of nitrogens with one attached hydrogen (secondary N) is 3. The number of rotatable bonds is 13. The van der Waals surface area contributed by atoms with Gasteiger partial charge in [-0.1, -0.05) is 30.3 Å². The predicted molar refractivity (Wildman–Crippen MR) is 137 cm³/mol. The van der Waals surface area contributed by atoms with Crippen LogP contribution in [0, 0.1) is 0 Å².